The fraction of sp³-hybridized carbons (Fsp3) is 0.214. The van der Waals surface area contributed by atoms with Crippen molar-refractivity contribution < 1.29 is 14.3 Å². The number of fused-ring (bicyclic) bond motifs is 1. The second-order valence-electron chi connectivity index (χ2n) is 4.50. The molecule has 7 nitrogen and oxygen atoms in total. The minimum atomic E-state index is -0.303. The van der Waals surface area contributed by atoms with E-state index < -0.39 is 0 Å². The first-order chi connectivity index (χ1) is 10.6. The van der Waals surface area contributed by atoms with Gasteiger partial charge in [-0.3, -0.25) is 4.79 Å². The normalized spacial score (nSPS) is 10.7. The minimum absolute atomic E-state index is 0.303. The molecule has 0 aliphatic rings. The summed E-state index contributed by atoms with van der Waals surface area (Å²) >= 11 is 1.43. The Morgan fingerprint density at radius 1 is 1.27 bits per heavy atom. The van der Waals surface area contributed by atoms with Gasteiger partial charge in [0, 0.05) is 11.8 Å². The second kappa shape index (κ2) is 5.64. The number of hydrogen-bond donors (Lipinski definition) is 1. The highest BCUT2D eigenvalue weighted by atomic mass is 32.1. The average molecular weight is 318 g/mol. The lowest BCUT2D eigenvalue weighted by atomic mass is 10.2. The number of imidazole rings is 1. The molecule has 22 heavy (non-hydrogen) atoms. The van der Waals surface area contributed by atoms with Gasteiger partial charge in [-0.2, -0.15) is 5.10 Å². The molecule has 0 radical (unpaired) electrons. The van der Waals surface area contributed by atoms with E-state index in [1.807, 2.05) is 6.92 Å². The number of benzene rings is 1. The summed E-state index contributed by atoms with van der Waals surface area (Å²) < 4.78 is 12.0. The third-order valence-corrected chi connectivity index (χ3v) is 3.86. The molecule has 3 aromatic rings. The molecule has 0 saturated carbocycles. The Balaban J connectivity index is 1.82. The zero-order valence-corrected chi connectivity index (χ0v) is 13.1. The number of carbonyl (C=O) groups excluding carboxylic acids is 1. The molecule has 0 spiro atoms. The number of aromatic nitrogens is 3. The lowest BCUT2D eigenvalue weighted by Gasteiger charge is -2.09. The quantitative estimate of drug-likeness (QED) is 0.799. The molecular formula is C14H14N4O3S. The van der Waals surface area contributed by atoms with Crippen LogP contribution in [-0.2, 0) is 0 Å². The van der Waals surface area contributed by atoms with E-state index in [0.717, 1.165) is 5.01 Å². The van der Waals surface area contributed by atoms with Crippen LogP contribution in [0.25, 0.3) is 4.96 Å². The topological polar surface area (TPSA) is 77.8 Å². The Hall–Kier alpha value is -2.61. The van der Waals surface area contributed by atoms with Crippen molar-refractivity contribution in [2.24, 2.45) is 0 Å². The van der Waals surface area contributed by atoms with Crippen LogP contribution in [0.5, 0.6) is 11.5 Å². The van der Waals surface area contributed by atoms with Crippen LogP contribution in [0.2, 0.25) is 0 Å². The zero-order valence-electron chi connectivity index (χ0n) is 12.3. The predicted octanol–water partition coefficient (Wildman–Crippen LogP) is 2.37. The number of amides is 1. The van der Waals surface area contributed by atoms with Gasteiger partial charge in [0.25, 0.3) is 5.91 Å². The van der Waals surface area contributed by atoms with E-state index in [0.29, 0.717) is 27.8 Å². The van der Waals surface area contributed by atoms with E-state index in [9.17, 15) is 4.79 Å². The third-order valence-electron chi connectivity index (χ3n) is 3.02. The van der Waals surface area contributed by atoms with Crippen LogP contribution in [0.15, 0.2) is 24.4 Å². The van der Waals surface area contributed by atoms with E-state index in [2.05, 4.69) is 15.4 Å². The number of nitrogens with zero attached hydrogens (tertiary/aromatic N) is 3. The first-order valence-corrected chi connectivity index (χ1v) is 7.28. The number of hydrogen-bond acceptors (Lipinski definition) is 6. The molecule has 0 fully saturated rings. The summed E-state index contributed by atoms with van der Waals surface area (Å²) in [7, 11) is 3.10. The Morgan fingerprint density at radius 3 is 2.73 bits per heavy atom. The van der Waals surface area contributed by atoms with E-state index in [1.54, 1.807) is 43.1 Å². The number of anilines is 1. The number of ether oxygens (including phenoxy) is 2. The highest BCUT2D eigenvalue weighted by Crippen LogP contribution is 2.29. The number of nitrogens with one attached hydrogen (secondary N) is 1. The van der Waals surface area contributed by atoms with Gasteiger partial charge in [0.1, 0.15) is 10.7 Å². The first kappa shape index (κ1) is 14.3. The summed E-state index contributed by atoms with van der Waals surface area (Å²) in [6, 6.07) is 5.16. The van der Waals surface area contributed by atoms with Gasteiger partial charge in [0.15, 0.2) is 11.5 Å². The van der Waals surface area contributed by atoms with Crippen molar-refractivity contribution in [3.8, 4) is 11.5 Å². The van der Waals surface area contributed by atoms with Crippen molar-refractivity contribution in [1.29, 1.82) is 0 Å². The molecule has 114 valence electrons. The van der Waals surface area contributed by atoms with Crippen LogP contribution in [0.4, 0.5) is 5.69 Å². The van der Waals surface area contributed by atoms with Crippen molar-refractivity contribution in [1.82, 2.24) is 14.6 Å². The van der Waals surface area contributed by atoms with Crippen LogP contribution in [0, 0.1) is 6.92 Å². The van der Waals surface area contributed by atoms with Crippen molar-refractivity contribution in [2.45, 2.75) is 6.92 Å². The molecule has 2 heterocycles. The molecule has 1 N–H and O–H groups in total. The van der Waals surface area contributed by atoms with Crippen molar-refractivity contribution >= 4 is 27.9 Å². The summed E-state index contributed by atoms with van der Waals surface area (Å²) in [6.45, 7) is 1.89. The molecule has 0 atom stereocenters. The molecule has 0 unspecified atom stereocenters. The largest absolute Gasteiger partial charge is 0.493 e. The summed E-state index contributed by atoms with van der Waals surface area (Å²) in [5, 5.41) is 7.90. The van der Waals surface area contributed by atoms with E-state index in [4.69, 9.17) is 9.47 Å². The van der Waals surface area contributed by atoms with Gasteiger partial charge in [-0.05, 0) is 19.1 Å². The maximum atomic E-state index is 12.2. The fourth-order valence-corrected chi connectivity index (χ4v) is 2.74. The zero-order chi connectivity index (χ0) is 15.7. The van der Waals surface area contributed by atoms with E-state index in [-0.39, 0.29) is 5.91 Å². The van der Waals surface area contributed by atoms with E-state index >= 15 is 0 Å². The summed E-state index contributed by atoms with van der Waals surface area (Å²) in [4.78, 5) is 17.2. The molecular weight excluding hydrogens is 304 g/mol. The SMILES string of the molecule is COc1ccc(NC(=O)c2cn3nc(C)sc3n2)cc1OC. The molecule has 8 heteroatoms. The van der Waals surface area contributed by atoms with Gasteiger partial charge in [-0.1, -0.05) is 11.3 Å². The molecule has 1 aromatic carbocycles. The molecule has 3 rings (SSSR count). The number of aryl methyl sites for hydroxylation is 1. The monoisotopic (exact) mass is 318 g/mol. The van der Waals surface area contributed by atoms with Crippen LogP contribution in [0.3, 0.4) is 0 Å². The van der Waals surface area contributed by atoms with Crippen LogP contribution in [-0.4, -0.2) is 34.7 Å². The van der Waals surface area contributed by atoms with Gasteiger partial charge >= 0.3 is 0 Å². The molecule has 0 aliphatic heterocycles. The standard InChI is InChI=1S/C14H14N4O3S/c1-8-17-18-7-10(16-14(18)22-8)13(19)15-9-4-5-11(20-2)12(6-9)21-3/h4-7H,1-3H3,(H,15,19). The van der Waals surface area contributed by atoms with Gasteiger partial charge in [0.2, 0.25) is 4.96 Å². The minimum Gasteiger partial charge on any atom is -0.493 e. The van der Waals surface area contributed by atoms with Crippen LogP contribution in [0.1, 0.15) is 15.5 Å². The van der Waals surface area contributed by atoms with Crippen molar-refractivity contribution in [3.05, 3.63) is 35.1 Å². The van der Waals surface area contributed by atoms with Crippen molar-refractivity contribution in [2.75, 3.05) is 19.5 Å². The molecule has 0 bridgehead atoms. The second-order valence-corrected chi connectivity index (χ2v) is 5.66. The summed E-state index contributed by atoms with van der Waals surface area (Å²) in [6.07, 6.45) is 1.61. The average Bonchev–Trinajstić information content (AvgIpc) is 3.04. The van der Waals surface area contributed by atoms with Gasteiger partial charge in [-0.25, -0.2) is 9.50 Å². The molecule has 2 aromatic heterocycles. The molecule has 1 amide bonds. The summed E-state index contributed by atoms with van der Waals surface area (Å²) in [5.41, 5.74) is 0.914. The molecule has 0 aliphatic carbocycles. The number of carbonyl (C=O) groups is 1. The Morgan fingerprint density at radius 2 is 2.05 bits per heavy atom. The maximum Gasteiger partial charge on any atom is 0.275 e. The Bertz CT molecular complexity index is 808. The number of rotatable bonds is 4. The third kappa shape index (κ3) is 2.60. The Labute approximate surface area is 130 Å². The van der Waals surface area contributed by atoms with Crippen molar-refractivity contribution in [3.63, 3.8) is 0 Å². The lowest BCUT2D eigenvalue weighted by molar-refractivity contribution is 0.102. The van der Waals surface area contributed by atoms with E-state index in [1.165, 1.54) is 11.3 Å². The summed E-state index contributed by atoms with van der Waals surface area (Å²) in [5.74, 6) is 0.841. The highest BCUT2D eigenvalue weighted by Gasteiger charge is 2.14. The fourth-order valence-electron chi connectivity index (χ4n) is 2.02. The maximum absolute atomic E-state index is 12.2. The predicted molar refractivity (Wildman–Crippen MR) is 83.1 cm³/mol. The lowest BCUT2D eigenvalue weighted by Crippen LogP contribution is -2.12. The Kier molecular flexibility index (Phi) is 3.68. The highest BCUT2D eigenvalue weighted by molar-refractivity contribution is 7.16. The number of methoxy groups -OCH3 is 2. The van der Waals surface area contributed by atoms with Gasteiger partial charge in [0.05, 0.1) is 20.4 Å². The van der Waals surface area contributed by atoms with Crippen LogP contribution < -0.4 is 14.8 Å². The molecule has 0 saturated heterocycles. The van der Waals surface area contributed by atoms with Gasteiger partial charge in [-0.15, -0.1) is 0 Å². The van der Waals surface area contributed by atoms with Crippen LogP contribution >= 0.6 is 11.3 Å². The first-order valence-electron chi connectivity index (χ1n) is 6.47. The van der Waals surface area contributed by atoms with Gasteiger partial charge < -0.3 is 14.8 Å². The smallest absolute Gasteiger partial charge is 0.275 e.